The molecular weight excluding hydrogens is 521 g/mol. The molecule has 0 fully saturated rings. The summed E-state index contributed by atoms with van der Waals surface area (Å²) < 4.78 is 47.4. The summed E-state index contributed by atoms with van der Waals surface area (Å²) in [5.74, 6) is -2.65. The topological polar surface area (TPSA) is 184 Å². The zero-order valence-corrected chi connectivity index (χ0v) is 20.1. The molecule has 0 unspecified atom stereocenters. The fourth-order valence-electron chi connectivity index (χ4n) is 3.66. The number of H-pyrrole nitrogens is 1. The number of nitro groups is 1. The molecule has 17 heteroatoms. The number of thiophene rings is 1. The van der Waals surface area contributed by atoms with Crippen LogP contribution in [-0.2, 0) is 12.7 Å². The minimum atomic E-state index is -4.83. The molecule has 37 heavy (non-hydrogen) atoms. The van der Waals surface area contributed by atoms with Gasteiger partial charge in [-0.3, -0.25) is 29.5 Å². The number of anilines is 1. The van der Waals surface area contributed by atoms with Gasteiger partial charge in [0.2, 0.25) is 5.69 Å². The number of fused-ring (bicyclic) bond motifs is 1. The lowest BCUT2D eigenvalue weighted by Gasteiger charge is -2.11. The van der Waals surface area contributed by atoms with E-state index >= 15 is 0 Å². The highest BCUT2D eigenvalue weighted by molar-refractivity contribution is 7.21. The number of carbonyl (C=O) groups is 2. The third-order valence-corrected chi connectivity index (χ3v) is 6.39. The Hall–Kier alpha value is -4.54. The lowest BCUT2D eigenvalue weighted by atomic mass is 10.0. The van der Waals surface area contributed by atoms with Crippen LogP contribution in [0.1, 0.15) is 38.5 Å². The Balaban J connectivity index is 2.00. The van der Waals surface area contributed by atoms with Crippen LogP contribution in [0.15, 0.2) is 12.3 Å². The summed E-state index contributed by atoms with van der Waals surface area (Å²) in [4.78, 5) is 39.0. The van der Waals surface area contributed by atoms with Crippen molar-refractivity contribution in [3.8, 4) is 17.0 Å². The fraction of sp³-hybridized carbons (Fsp3) is 0.250. The summed E-state index contributed by atoms with van der Waals surface area (Å²) in [7, 11) is 1.11. The number of ether oxygens (including phenoxy) is 1. The first-order valence-corrected chi connectivity index (χ1v) is 11.2. The summed E-state index contributed by atoms with van der Waals surface area (Å²) in [6.45, 7) is 3.79. The molecule has 0 aliphatic heterocycles. The van der Waals surface area contributed by atoms with Gasteiger partial charge in [0.25, 0.3) is 11.8 Å². The van der Waals surface area contributed by atoms with E-state index in [1.54, 1.807) is 13.8 Å². The molecule has 0 radical (unpaired) electrons. The number of aromatic amines is 1. The number of nitrogens with one attached hydrogen (secondary N) is 2. The molecule has 4 rings (SSSR count). The lowest BCUT2D eigenvalue weighted by molar-refractivity contribution is -0.386. The zero-order valence-electron chi connectivity index (χ0n) is 19.3. The predicted molar refractivity (Wildman–Crippen MR) is 125 cm³/mol. The smallest absolute Gasteiger partial charge is 0.433 e. The van der Waals surface area contributed by atoms with Crippen molar-refractivity contribution in [2.24, 2.45) is 5.73 Å². The summed E-state index contributed by atoms with van der Waals surface area (Å²) in [6, 6.07) is 0.779. The Kier molecular flexibility index (Phi) is 6.32. The Morgan fingerprint density at radius 3 is 2.59 bits per heavy atom. The second-order valence-corrected chi connectivity index (χ2v) is 8.55. The van der Waals surface area contributed by atoms with E-state index in [0.717, 1.165) is 13.2 Å². The predicted octanol–water partition coefficient (Wildman–Crippen LogP) is 3.50. The molecule has 0 saturated carbocycles. The Morgan fingerprint density at radius 1 is 1.35 bits per heavy atom. The molecule has 0 saturated heterocycles. The highest BCUT2D eigenvalue weighted by Crippen LogP contribution is 2.44. The number of halogens is 3. The normalized spacial score (nSPS) is 11.6. The van der Waals surface area contributed by atoms with Gasteiger partial charge in [-0.05, 0) is 25.5 Å². The first-order chi connectivity index (χ1) is 17.4. The number of alkyl halides is 3. The van der Waals surface area contributed by atoms with Crippen molar-refractivity contribution >= 4 is 44.7 Å². The van der Waals surface area contributed by atoms with E-state index in [2.05, 4.69) is 25.6 Å². The molecule has 0 aliphatic rings. The van der Waals surface area contributed by atoms with Gasteiger partial charge < -0.3 is 15.8 Å². The molecule has 4 aromatic heterocycles. The van der Waals surface area contributed by atoms with Gasteiger partial charge in [0.05, 0.1) is 23.4 Å². The molecule has 0 spiro atoms. The Morgan fingerprint density at radius 2 is 2.05 bits per heavy atom. The average molecular weight is 538 g/mol. The molecule has 13 nitrogen and oxygen atoms in total. The van der Waals surface area contributed by atoms with Gasteiger partial charge in [0.15, 0.2) is 0 Å². The van der Waals surface area contributed by atoms with E-state index in [1.165, 1.54) is 10.9 Å². The van der Waals surface area contributed by atoms with Gasteiger partial charge in [0.1, 0.15) is 15.4 Å². The maximum atomic E-state index is 13.7. The number of hydrogen-bond donors (Lipinski definition) is 3. The molecule has 194 valence electrons. The van der Waals surface area contributed by atoms with Crippen molar-refractivity contribution in [1.29, 1.82) is 0 Å². The second-order valence-electron chi connectivity index (χ2n) is 7.56. The van der Waals surface area contributed by atoms with Crippen molar-refractivity contribution in [3.05, 3.63) is 44.3 Å². The van der Waals surface area contributed by atoms with Crippen molar-refractivity contribution < 1.29 is 32.4 Å². The minimum Gasteiger partial charge on any atom is -0.475 e. The van der Waals surface area contributed by atoms with Crippen LogP contribution >= 0.6 is 11.3 Å². The van der Waals surface area contributed by atoms with E-state index < -0.39 is 45.9 Å². The molecular formula is C20H17F3N8O5S. The fourth-order valence-corrected chi connectivity index (χ4v) is 4.67. The van der Waals surface area contributed by atoms with Crippen molar-refractivity contribution in [1.82, 2.24) is 25.0 Å². The third kappa shape index (κ3) is 4.44. The molecule has 4 heterocycles. The molecule has 0 aromatic carbocycles. The van der Waals surface area contributed by atoms with Gasteiger partial charge in [-0.25, -0.2) is 4.98 Å². The van der Waals surface area contributed by atoms with Gasteiger partial charge in [-0.2, -0.15) is 18.3 Å². The van der Waals surface area contributed by atoms with Gasteiger partial charge in [-0.1, -0.05) is 0 Å². The third-order valence-electron chi connectivity index (χ3n) is 5.29. The highest BCUT2D eigenvalue weighted by atomic mass is 32.1. The number of nitrogens with two attached hydrogens (primary N) is 1. The maximum Gasteiger partial charge on any atom is 0.433 e. The quantitative estimate of drug-likeness (QED) is 0.236. The second kappa shape index (κ2) is 9.16. The van der Waals surface area contributed by atoms with Crippen LogP contribution < -0.4 is 15.8 Å². The van der Waals surface area contributed by atoms with Gasteiger partial charge in [-0.15, -0.1) is 16.4 Å². The standard InChI is InChI=1S/C20H17F3N8O5S/c1-4-30-6-9(7(2)29-30)8-5-10(20(21,22)23)25-19-11(8)12(15(37-19)16(24)32)26-17(33)13-14(31(34)35)18(36-3)28-27-13/h5-6H,4H2,1-3H3,(H2,24,32)(H,26,33)(H,27,28). The monoisotopic (exact) mass is 538 g/mol. The van der Waals surface area contributed by atoms with Crippen LogP contribution in [0.25, 0.3) is 21.3 Å². The van der Waals surface area contributed by atoms with Crippen LogP contribution in [0.3, 0.4) is 0 Å². The molecule has 0 aliphatic carbocycles. The summed E-state index contributed by atoms with van der Waals surface area (Å²) in [5, 5.41) is 23.8. The Bertz CT molecular complexity index is 1570. The van der Waals surface area contributed by atoms with Crippen LogP contribution in [-0.4, -0.2) is 48.8 Å². The number of hydrogen-bond acceptors (Lipinski definition) is 9. The first kappa shape index (κ1) is 25.5. The largest absolute Gasteiger partial charge is 0.475 e. The van der Waals surface area contributed by atoms with Gasteiger partial charge >= 0.3 is 17.7 Å². The average Bonchev–Trinajstić information content (AvgIpc) is 3.52. The SMILES string of the molecule is CCn1cc(-c2cc(C(F)(F)F)nc3sc(C(N)=O)c(NC(=O)c4[nH]nc(OC)c4[N+](=O)[O-])c23)c(C)n1. The zero-order chi connectivity index (χ0) is 27.2. The number of pyridine rings is 1. The Labute approximate surface area is 208 Å². The van der Waals surface area contributed by atoms with Crippen molar-refractivity contribution in [2.75, 3.05) is 12.4 Å². The summed E-state index contributed by atoms with van der Waals surface area (Å²) in [6.07, 6.45) is -3.31. The first-order valence-electron chi connectivity index (χ1n) is 10.3. The van der Waals surface area contributed by atoms with E-state index in [1.807, 2.05) is 0 Å². The van der Waals surface area contributed by atoms with Crippen molar-refractivity contribution in [3.63, 3.8) is 0 Å². The van der Waals surface area contributed by atoms with Crippen LogP contribution in [0.5, 0.6) is 5.88 Å². The van der Waals surface area contributed by atoms with Crippen LogP contribution in [0.4, 0.5) is 24.5 Å². The molecule has 0 bridgehead atoms. The maximum absolute atomic E-state index is 13.7. The summed E-state index contributed by atoms with van der Waals surface area (Å²) >= 11 is 0.535. The molecule has 2 amide bonds. The number of amides is 2. The number of carbonyl (C=O) groups excluding carboxylic acids is 2. The number of aromatic nitrogens is 5. The van der Waals surface area contributed by atoms with Crippen LogP contribution in [0, 0.1) is 17.0 Å². The number of nitrogens with zero attached hydrogens (tertiary/aromatic N) is 5. The molecule has 4 aromatic rings. The summed E-state index contributed by atoms with van der Waals surface area (Å²) in [5.41, 5.74) is 3.22. The number of aryl methyl sites for hydroxylation is 2. The minimum absolute atomic E-state index is 0.0203. The highest BCUT2D eigenvalue weighted by Gasteiger charge is 2.36. The van der Waals surface area contributed by atoms with Crippen LogP contribution in [0.2, 0.25) is 0 Å². The number of rotatable bonds is 7. The molecule has 4 N–H and O–H groups in total. The number of methoxy groups -OCH3 is 1. The van der Waals surface area contributed by atoms with E-state index in [-0.39, 0.29) is 26.3 Å². The molecule has 0 atom stereocenters. The van der Waals surface area contributed by atoms with E-state index in [4.69, 9.17) is 10.5 Å². The van der Waals surface area contributed by atoms with E-state index in [0.29, 0.717) is 29.1 Å². The lowest BCUT2D eigenvalue weighted by Crippen LogP contribution is -2.18. The van der Waals surface area contributed by atoms with E-state index in [9.17, 15) is 32.9 Å². The number of primary amides is 1. The van der Waals surface area contributed by atoms with Crippen molar-refractivity contribution in [2.45, 2.75) is 26.6 Å². The van der Waals surface area contributed by atoms with Gasteiger partial charge in [0, 0.05) is 23.7 Å².